The number of hydrogen-bond acceptors (Lipinski definition) is 4. The zero-order chi connectivity index (χ0) is 14.0. The second-order valence-corrected chi connectivity index (χ2v) is 5.32. The van der Waals surface area contributed by atoms with Gasteiger partial charge in [-0.15, -0.1) is 11.3 Å². The van der Waals surface area contributed by atoms with E-state index in [0.29, 0.717) is 10.6 Å². The van der Waals surface area contributed by atoms with Crippen molar-refractivity contribution in [2.75, 3.05) is 0 Å². The van der Waals surface area contributed by atoms with E-state index in [2.05, 4.69) is 4.98 Å². The van der Waals surface area contributed by atoms with Crippen LogP contribution in [0.5, 0.6) is 5.75 Å². The smallest absolute Gasteiger partial charge is 0.197 e. The Labute approximate surface area is 116 Å². The van der Waals surface area contributed by atoms with Crippen molar-refractivity contribution in [2.24, 2.45) is 0 Å². The van der Waals surface area contributed by atoms with Crippen LogP contribution in [0.2, 0.25) is 0 Å². The number of ketones is 1. The van der Waals surface area contributed by atoms with Crippen LogP contribution in [0.15, 0.2) is 23.7 Å². The van der Waals surface area contributed by atoms with Gasteiger partial charge in [0, 0.05) is 0 Å². The number of carbonyl (C=O) groups excluding carboxylic acids is 1. The Balaban J connectivity index is 2.24. The molecule has 1 aromatic heterocycles. The van der Waals surface area contributed by atoms with Crippen molar-refractivity contribution in [1.82, 2.24) is 4.98 Å². The number of aryl methyl sites for hydroxylation is 3. The number of rotatable bonds is 3. The Kier molecular flexibility index (Phi) is 3.81. The molecule has 1 aromatic carbocycles. The first-order valence-electron chi connectivity index (χ1n) is 5.91. The number of phenolic OH excluding ortho intramolecular Hbond substituents is 1. The molecule has 0 amide bonds. The van der Waals surface area contributed by atoms with Gasteiger partial charge in [-0.3, -0.25) is 4.79 Å². The molecule has 3 nitrogen and oxygen atoms in total. The fourth-order valence-corrected chi connectivity index (χ4v) is 2.60. The first kappa shape index (κ1) is 13.5. The quantitative estimate of drug-likeness (QED) is 0.685. The van der Waals surface area contributed by atoms with Crippen LogP contribution in [-0.2, 0) is 0 Å². The number of aromatic nitrogens is 1. The number of phenols is 1. The highest BCUT2D eigenvalue weighted by atomic mass is 32.1. The zero-order valence-corrected chi connectivity index (χ0v) is 11.9. The molecule has 0 saturated carbocycles. The van der Waals surface area contributed by atoms with Gasteiger partial charge in [-0.1, -0.05) is 6.08 Å². The number of allylic oxidation sites excluding steroid dienone is 1. The molecule has 0 aliphatic rings. The van der Waals surface area contributed by atoms with E-state index in [0.717, 1.165) is 22.4 Å². The summed E-state index contributed by atoms with van der Waals surface area (Å²) in [6.45, 7) is 5.51. The van der Waals surface area contributed by atoms with Crippen molar-refractivity contribution in [2.45, 2.75) is 20.8 Å². The minimum atomic E-state index is -0.0385. The molecule has 0 radical (unpaired) electrons. The lowest BCUT2D eigenvalue weighted by Crippen LogP contribution is -1.93. The van der Waals surface area contributed by atoms with E-state index in [1.54, 1.807) is 17.7 Å². The molecular weight excluding hydrogens is 258 g/mol. The first-order chi connectivity index (χ1) is 8.99. The zero-order valence-electron chi connectivity index (χ0n) is 11.1. The van der Waals surface area contributed by atoms with Crippen molar-refractivity contribution in [3.05, 3.63) is 51.0 Å². The van der Waals surface area contributed by atoms with Crippen LogP contribution < -0.4 is 0 Å². The van der Waals surface area contributed by atoms with Crippen LogP contribution in [0, 0.1) is 20.8 Å². The summed E-state index contributed by atoms with van der Waals surface area (Å²) in [5.74, 6) is 0.269. The van der Waals surface area contributed by atoms with Gasteiger partial charge in [0.2, 0.25) is 0 Å². The third-order valence-corrected chi connectivity index (χ3v) is 3.85. The summed E-state index contributed by atoms with van der Waals surface area (Å²) in [7, 11) is 0. The highest BCUT2D eigenvalue weighted by molar-refractivity contribution is 7.12. The third-order valence-electron chi connectivity index (χ3n) is 2.91. The Morgan fingerprint density at radius 3 is 2.42 bits per heavy atom. The molecule has 2 rings (SSSR count). The second-order valence-electron chi connectivity index (χ2n) is 4.47. The van der Waals surface area contributed by atoms with Gasteiger partial charge in [0.15, 0.2) is 5.78 Å². The second kappa shape index (κ2) is 5.36. The average Bonchev–Trinajstić information content (AvgIpc) is 2.79. The van der Waals surface area contributed by atoms with Crippen molar-refractivity contribution in [1.29, 1.82) is 0 Å². The van der Waals surface area contributed by atoms with E-state index in [4.69, 9.17) is 0 Å². The maximum absolute atomic E-state index is 12.0. The van der Waals surface area contributed by atoms with Gasteiger partial charge in [-0.05, 0) is 55.7 Å². The van der Waals surface area contributed by atoms with Gasteiger partial charge in [-0.2, -0.15) is 0 Å². The highest BCUT2D eigenvalue weighted by Gasteiger charge is 2.08. The summed E-state index contributed by atoms with van der Waals surface area (Å²) in [6, 6.07) is 3.71. The van der Waals surface area contributed by atoms with E-state index in [-0.39, 0.29) is 5.78 Å². The number of nitrogens with zero attached hydrogens (tertiary/aromatic N) is 1. The van der Waals surface area contributed by atoms with Crippen LogP contribution in [0.3, 0.4) is 0 Å². The van der Waals surface area contributed by atoms with E-state index < -0.39 is 0 Å². The fourth-order valence-electron chi connectivity index (χ4n) is 1.87. The highest BCUT2D eigenvalue weighted by Crippen LogP contribution is 2.23. The molecular formula is C15H15NO2S. The summed E-state index contributed by atoms with van der Waals surface area (Å²) >= 11 is 1.35. The minimum Gasteiger partial charge on any atom is -0.507 e. The Morgan fingerprint density at radius 2 is 1.89 bits per heavy atom. The largest absolute Gasteiger partial charge is 0.507 e. The number of benzene rings is 1. The van der Waals surface area contributed by atoms with Gasteiger partial charge in [0.25, 0.3) is 0 Å². The lowest BCUT2D eigenvalue weighted by molar-refractivity contribution is 0.105. The molecule has 0 aliphatic carbocycles. The maximum atomic E-state index is 12.0. The molecule has 0 unspecified atom stereocenters. The molecule has 0 bridgehead atoms. The molecule has 0 spiro atoms. The normalized spacial score (nSPS) is 11.1. The van der Waals surface area contributed by atoms with E-state index in [9.17, 15) is 9.90 Å². The molecule has 0 atom stereocenters. The molecule has 98 valence electrons. The molecule has 1 heterocycles. The minimum absolute atomic E-state index is 0.0385. The van der Waals surface area contributed by atoms with Gasteiger partial charge in [-0.25, -0.2) is 4.98 Å². The summed E-state index contributed by atoms with van der Waals surface area (Å²) in [6.07, 6.45) is 3.31. The number of carbonyl (C=O) groups is 1. The van der Waals surface area contributed by atoms with Crippen LogP contribution in [-0.4, -0.2) is 15.9 Å². The van der Waals surface area contributed by atoms with Crippen molar-refractivity contribution < 1.29 is 9.90 Å². The molecule has 2 aromatic rings. The lowest BCUT2D eigenvalue weighted by Gasteiger charge is -2.04. The van der Waals surface area contributed by atoms with Crippen LogP contribution >= 0.6 is 11.3 Å². The Hall–Kier alpha value is -1.94. The van der Waals surface area contributed by atoms with Crippen molar-refractivity contribution in [3.8, 4) is 5.75 Å². The van der Waals surface area contributed by atoms with Crippen LogP contribution in [0.4, 0.5) is 0 Å². The molecule has 4 heteroatoms. The summed E-state index contributed by atoms with van der Waals surface area (Å²) in [5, 5.41) is 9.70. The van der Waals surface area contributed by atoms with Gasteiger partial charge in [0.05, 0.1) is 16.1 Å². The summed E-state index contributed by atoms with van der Waals surface area (Å²) in [4.78, 5) is 16.7. The number of thiazole rings is 1. The number of aromatic hydroxyl groups is 1. The van der Waals surface area contributed by atoms with Gasteiger partial charge in [0.1, 0.15) is 5.75 Å². The fraction of sp³-hybridized carbons (Fsp3) is 0.200. The Morgan fingerprint density at radius 1 is 1.26 bits per heavy atom. The molecule has 0 fully saturated rings. The summed E-state index contributed by atoms with van der Waals surface area (Å²) in [5.41, 5.74) is 4.95. The van der Waals surface area contributed by atoms with Crippen molar-refractivity contribution in [3.63, 3.8) is 0 Å². The topological polar surface area (TPSA) is 50.2 Å². The summed E-state index contributed by atoms with van der Waals surface area (Å²) < 4.78 is 0. The standard InChI is InChI=1S/C15H15NO2S/c1-9-6-12(7-10(2)14(9)18)4-5-13(17)15-11(3)16-8-19-15/h4-8,18H,1-3H3/b5-4+. The van der Waals surface area contributed by atoms with E-state index in [1.807, 2.05) is 32.9 Å². The Bertz CT molecular complexity index is 633. The van der Waals surface area contributed by atoms with E-state index >= 15 is 0 Å². The molecule has 0 aliphatic heterocycles. The maximum Gasteiger partial charge on any atom is 0.197 e. The predicted octanol–water partition coefficient (Wildman–Crippen LogP) is 3.67. The molecule has 19 heavy (non-hydrogen) atoms. The van der Waals surface area contributed by atoms with Crippen LogP contribution in [0.1, 0.15) is 32.1 Å². The first-order valence-corrected chi connectivity index (χ1v) is 6.79. The lowest BCUT2D eigenvalue weighted by atomic mass is 10.0. The van der Waals surface area contributed by atoms with Gasteiger partial charge >= 0.3 is 0 Å². The monoisotopic (exact) mass is 273 g/mol. The van der Waals surface area contributed by atoms with E-state index in [1.165, 1.54) is 11.3 Å². The van der Waals surface area contributed by atoms with Crippen molar-refractivity contribution >= 4 is 23.2 Å². The number of hydrogen-bond donors (Lipinski definition) is 1. The molecule has 1 N–H and O–H groups in total. The average molecular weight is 273 g/mol. The third kappa shape index (κ3) is 2.90. The van der Waals surface area contributed by atoms with Gasteiger partial charge < -0.3 is 5.11 Å². The van der Waals surface area contributed by atoms with Crippen LogP contribution in [0.25, 0.3) is 6.08 Å². The SMILES string of the molecule is Cc1cc(/C=C/C(=O)c2scnc2C)cc(C)c1O. The predicted molar refractivity (Wildman–Crippen MR) is 77.8 cm³/mol. The molecule has 0 saturated heterocycles.